The van der Waals surface area contributed by atoms with Crippen molar-refractivity contribution < 1.29 is 4.79 Å². The SMILES string of the molecule is NC(c1ccc(I)cc1)c1ccc2c(c1)CCC(=O)N2. The number of rotatable bonds is 2. The Labute approximate surface area is 131 Å². The minimum Gasteiger partial charge on any atom is -0.326 e. The van der Waals surface area contributed by atoms with E-state index in [1.54, 1.807) is 0 Å². The van der Waals surface area contributed by atoms with Gasteiger partial charge in [0.15, 0.2) is 0 Å². The number of carbonyl (C=O) groups excluding carboxylic acids is 1. The number of fused-ring (bicyclic) bond motifs is 1. The van der Waals surface area contributed by atoms with E-state index >= 15 is 0 Å². The lowest BCUT2D eigenvalue weighted by Crippen LogP contribution is -2.20. The van der Waals surface area contributed by atoms with Crippen LogP contribution in [0.1, 0.15) is 29.2 Å². The maximum atomic E-state index is 11.4. The smallest absolute Gasteiger partial charge is 0.224 e. The van der Waals surface area contributed by atoms with E-state index in [-0.39, 0.29) is 11.9 Å². The van der Waals surface area contributed by atoms with Crippen molar-refractivity contribution in [2.24, 2.45) is 5.73 Å². The van der Waals surface area contributed by atoms with Crippen molar-refractivity contribution in [3.05, 3.63) is 62.7 Å². The Bertz CT molecular complexity index is 652. The molecule has 2 aromatic carbocycles. The second-order valence-corrected chi connectivity index (χ2v) is 6.24. The molecule has 1 aliphatic heterocycles. The highest BCUT2D eigenvalue weighted by molar-refractivity contribution is 14.1. The van der Waals surface area contributed by atoms with E-state index in [1.165, 1.54) is 9.13 Å². The number of hydrogen-bond donors (Lipinski definition) is 2. The van der Waals surface area contributed by atoms with Crippen LogP contribution in [-0.4, -0.2) is 5.91 Å². The molecule has 0 radical (unpaired) electrons. The van der Waals surface area contributed by atoms with Gasteiger partial charge >= 0.3 is 0 Å². The van der Waals surface area contributed by atoms with E-state index < -0.39 is 0 Å². The summed E-state index contributed by atoms with van der Waals surface area (Å²) >= 11 is 2.28. The van der Waals surface area contributed by atoms with Crippen molar-refractivity contribution in [2.45, 2.75) is 18.9 Å². The second-order valence-electron chi connectivity index (χ2n) is 4.99. The van der Waals surface area contributed by atoms with Gasteiger partial charge in [-0.05, 0) is 63.9 Å². The number of benzene rings is 2. The molecule has 1 unspecified atom stereocenters. The Kier molecular flexibility index (Phi) is 3.76. The average Bonchev–Trinajstić information content (AvgIpc) is 2.47. The minimum absolute atomic E-state index is 0.0900. The molecule has 1 aliphatic rings. The van der Waals surface area contributed by atoms with Gasteiger partial charge < -0.3 is 11.1 Å². The zero-order chi connectivity index (χ0) is 14.1. The number of nitrogens with two attached hydrogens (primary N) is 1. The fourth-order valence-corrected chi connectivity index (χ4v) is 2.82. The maximum Gasteiger partial charge on any atom is 0.224 e. The Morgan fingerprint density at radius 1 is 1.05 bits per heavy atom. The number of halogens is 1. The fraction of sp³-hybridized carbons (Fsp3) is 0.188. The third-order valence-electron chi connectivity index (χ3n) is 3.61. The lowest BCUT2D eigenvalue weighted by Gasteiger charge is -2.20. The highest BCUT2D eigenvalue weighted by Gasteiger charge is 2.17. The lowest BCUT2D eigenvalue weighted by atomic mass is 9.94. The van der Waals surface area contributed by atoms with Crippen LogP contribution in [0.4, 0.5) is 5.69 Å². The van der Waals surface area contributed by atoms with Crippen LogP contribution in [0.5, 0.6) is 0 Å². The first-order chi connectivity index (χ1) is 9.63. The van der Waals surface area contributed by atoms with Crippen LogP contribution in [0, 0.1) is 3.57 Å². The van der Waals surface area contributed by atoms with Gasteiger partial charge in [-0.2, -0.15) is 0 Å². The molecule has 4 heteroatoms. The van der Waals surface area contributed by atoms with Crippen molar-refractivity contribution in [2.75, 3.05) is 5.32 Å². The molecule has 0 aliphatic carbocycles. The van der Waals surface area contributed by atoms with Crippen LogP contribution in [0.25, 0.3) is 0 Å². The first-order valence-corrected chi connectivity index (χ1v) is 7.65. The van der Waals surface area contributed by atoms with Crippen molar-refractivity contribution in [3.63, 3.8) is 0 Å². The van der Waals surface area contributed by atoms with Crippen LogP contribution in [0.2, 0.25) is 0 Å². The van der Waals surface area contributed by atoms with E-state index in [4.69, 9.17) is 5.73 Å². The standard InChI is InChI=1S/C16H15IN2O/c17-13-5-1-10(2-6-13)16(18)12-3-7-14-11(9-12)4-8-15(20)19-14/h1-3,5-7,9,16H,4,8,18H2,(H,19,20). The summed E-state index contributed by atoms with van der Waals surface area (Å²) in [5, 5.41) is 2.89. The average molecular weight is 378 g/mol. The number of hydrogen-bond acceptors (Lipinski definition) is 2. The maximum absolute atomic E-state index is 11.4. The second kappa shape index (κ2) is 5.54. The zero-order valence-electron chi connectivity index (χ0n) is 10.9. The van der Waals surface area contributed by atoms with Crippen molar-refractivity contribution in [1.29, 1.82) is 0 Å². The topological polar surface area (TPSA) is 55.1 Å². The molecule has 0 aromatic heterocycles. The molecule has 0 saturated carbocycles. The Morgan fingerprint density at radius 3 is 2.50 bits per heavy atom. The molecule has 0 spiro atoms. The molecule has 2 aromatic rings. The van der Waals surface area contributed by atoms with Gasteiger partial charge in [0.2, 0.25) is 5.91 Å². The third-order valence-corrected chi connectivity index (χ3v) is 4.33. The summed E-state index contributed by atoms with van der Waals surface area (Å²) in [5.74, 6) is 0.0900. The predicted molar refractivity (Wildman–Crippen MR) is 88.6 cm³/mol. The van der Waals surface area contributed by atoms with Gasteiger partial charge in [0.25, 0.3) is 0 Å². The van der Waals surface area contributed by atoms with Crippen LogP contribution in [0.3, 0.4) is 0 Å². The quantitative estimate of drug-likeness (QED) is 0.789. The van der Waals surface area contributed by atoms with Crippen molar-refractivity contribution in [3.8, 4) is 0 Å². The lowest BCUT2D eigenvalue weighted by molar-refractivity contribution is -0.116. The van der Waals surface area contributed by atoms with E-state index in [9.17, 15) is 4.79 Å². The predicted octanol–water partition coefficient (Wildman–Crippen LogP) is 3.22. The molecule has 3 rings (SSSR count). The van der Waals surface area contributed by atoms with Gasteiger partial charge in [-0.3, -0.25) is 4.79 Å². The summed E-state index contributed by atoms with van der Waals surface area (Å²) in [4.78, 5) is 11.4. The van der Waals surface area contributed by atoms with Crippen molar-refractivity contribution in [1.82, 2.24) is 0 Å². The molecule has 20 heavy (non-hydrogen) atoms. The molecule has 1 atom stereocenters. The summed E-state index contributed by atoms with van der Waals surface area (Å²) in [5.41, 5.74) is 10.6. The number of amides is 1. The van der Waals surface area contributed by atoms with E-state index in [2.05, 4.69) is 58.2 Å². The summed E-state index contributed by atoms with van der Waals surface area (Å²) in [6.45, 7) is 0. The molecule has 1 heterocycles. The molecule has 0 fully saturated rings. The molecular weight excluding hydrogens is 363 g/mol. The van der Waals surface area contributed by atoms with Crippen LogP contribution < -0.4 is 11.1 Å². The summed E-state index contributed by atoms with van der Waals surface area (Å²) in [7, 11) is 0. The van der Waals surface area contributed by atoms with Gasteiger partial charge in [-0.25, -0.2) is 0 Å². The fourth-order valence-electron chi connectivity index (χ4n) is 2.46. The van der Waals surface area contributed by atoms with Gasteiger partial charge in [0.1, 0.15) is 0 Å². The monoisotopic (exact) mass is 378 g/mol. The molecule has 3 N–H and O–H groups in total. The number of nitrogens with one attached hydrogen (secondary N) is 1. The minimum atomic E-state index is -0.130. The van der Waals surface area contributed by atoms with Crippen LogP contribution >= 0.6 is 22.6 Å². The van der Waals surface area contributed by atoms with E-state index in [0.29, 0.717) is 6.42 Å². The number of aryl methyl sites for hydroxylation is 1. The number of carbonyl (C=O) groups is 1. The highest BCUT2D eigenvalue weighted by Crippen LogP contribution is 2.28. The molecule has 3 nitrogen and oxygen atoms in total. The highest BCUT2D eigenvalue weighted by atomic mass is 127. The number of anilines is 1. The van der Waals surface area contributed by atoms with Gasteiger partial charge in [0.05, 0.1) is 6.04 Å². The summed E-state index contributed by atoms with van der Waals surface area (Å²) in [6.07, 6.45) is 1.34. The van der Waals surface area contributed by atoms with Gasteiger partial charge in [-0.15, -0.1) is 0 Å². The third kappa shape index (κ3) is 2.71. The van der Waals surface area contributed by atoms with Gasteiger partial charge in [0, 0.05) is 15.7 Å². The van der Waals surface area contributed by atoms with Crippen molar-refractivity contribution >= 4 is 34.2 Å². The molecule has 0 saturated heterocycles. The molecular formula is C16H15IN2O. The van der Waals surface area contributed by atoms with E-state index in [0.717, 1.165) is 23.2 Å². The largest absolute Gasteiger partial charge is 0.326 e. The molecule has 102 valence electrons. The molecule has 0 bridgehead atoms. The zero-order valence-corrected chi connectivity index (χ0v) is 13.1. The summed E-state index contributed by atoms with van der Waals surface area (Å²) < 4.78 is 1.20. The van der Waals surface area contributed by atoms with Gasteiger partial charge in [-0.1, -0.05) is 24.3 Å². The molecule has 1 amide bonds. The van der Waals surface area contributed by atoms with Crippen LogP contribution in [-0.2, 0) is 11.2 Å². The Balaban J connectivity index is 1.90. The van der Waals surface area contributed by atoms with Crippen LogP contribution in [0.15, 0.2) is 42.5 Å². The first-order valence-electron chi connectivity index (χ1n) is 6.57. The normalized spacial score (nSPS) is 15.4. The Hall–Kier alpha value is -1.40. The first kappa shape index (κ1) is 13.6. The van der Waals surface area contributed by atoms with E-state index in [1.807, 2.05) is 12.1 Å². The Morgan fingerprint density at radius 2 is 1.75 bits per heavy atom. The summed E-state index contributed by atoms with van der Waals surface area (Å²) in [6, 6.07) is 14.2.